The lowest BCUT2D eigenvalue weighted by atomic mass is 9.88. The van der Waals surface area contributed by atoms with Crippen LogP contribution in [0.5, 0.6) is 0 Å². The molecule has 0 spiro atoms. The van der Waals surface area contributed by atoms with Crippen LogP contribution in [-0.2, 0) is 24.1 Å². The summed E-state index contributed by atoms with van der Waals surface area (Å²) in [4.78, 5) is 17.6. The van der Waals surface area contributed by atoms with Crippen LogP contribution in [0.3, 0.4) is 0 Å². The molecule has 0 aromatic carbocycles. The molecular weight excluding hydrogens is 354 g/mol. The van der Waals surface area contributed by atoms with E-state index in [1.54, 1.807) is 23.7 Å². The summed E-state index contributed by atoms with van der Waals surface area (Å²) in [5, 5.41) is 7.60. The van der Waals surface area contributed by atoms with E-state index in [1.165, 1.54) is 12.0 Å². The molecule has 0 saturated carbocycles. The summed E-state index contributed by atoms with van der Waals surface area (Å²) in [6.07, 6.45) is 6.54. The Kier molecular flexibility index (Phi) is 5.65. The second-order valence-corrected chi connectivity index (χ2v) is 7.73. The Bertz CT molecular complexity index is 774. The van der Waals surface area contributed by atoms with E-state index in [0.717, 1.165) is 35.4 Å². The van der Waals surface area contributed by atoms with Crippen molar-refractivity contribution in [2.45, 2.75) is 32.7 Å². The van der Waals surface area contributed by atoms with Crippen LogP contribution in [-0.4, -0.2) is 23.2 Å². The highest BCUT2D eigenvalue weighted by Gasteiger charge is 2.28. The zero-order valence-corrected chi connectivity index (χ0v) is 15.9. The van der Waals surface area contributed by atoms with Crippen molar-refractivity contribution in [1.29, 1.82) is 0 Å². The van der Waals surface area contributed by atoms with E-state index < -0.39 is 0 Å². The zero-order chi connectivity index (χ0) is 17.8. The SMILES string of the molecule is COC(=O)c1c(NC(=S)NCc2cccnc2)sc2c1CCC(C)C2. The Morgan fingerprint density at radius 1 is 1.52 bits per heavy atom. The van der Waals surface area contributed by atoms with E-state index in [-0.39, 0.29) is 5.97 Å². The summed E-state index contributed by atoms with van der Waals surface area (Å²) in [7, 11) is 1.42. The first-order valence-electron chi connectivity index (χ1n) is 8.25. The molecule has 0 saturated heterocycles. The lowest BCUT2D eigenvalue weighted by molar-refractivity contribution is 0.0601. The highest BCUT2D eigenvalue weighted by atomic mass is 32.1. The molecule has 0 amide bonds. The largest absolute Gasteiger partial charge is 0.465 e. The summed E-state index contributed by atoms with van der Waals surface area (Å²) in [5.41, 5.74) is 2.80. The fourth-order valence-corrected chi connectivity index (χ4v) is 4.63. The minimum absolute atomic E-state index is 0.301. The molecule has 1 unspecified atom stereocenters. The number of carbonyl (C=O) groups is 1. The van der Waals surface area contributed by atoms with Crippen LogP contribution in [0.2, 0.25) is 0 Å². The number of hydrogen-bond donors (Lipinski definition) is 2. The van der Waals surface area contributed by atoms with Gasteiger partial charge >= 0.3 is 5.97 Å². The number of carbonyl (C=O) groups excluding carboxylic acids is 1. The number of thiocarbonyl (C=S) groups is 1. The molecule has 2 N–H and O–H groups in total. The predicted molar refractivity (Wildman–Crippen MR) is 104 cm³/mol. The fraction of sp³-hybridized carbons (Fsp3) is 0.389. The van der Waals surface area contributed by atoms with Crippen molar-refractivity contribution in [1.82, 2.24) is 10.3 Å². The van der Waals surface area contributed by atoms with Crippen LogP contribution in [0.15, 0.2) is 24.5 Å². The van der Waals surface area contributed by atoms with Gasteiger partial charge in [0.2, 0.25) is 0 Å². The third kappa shape index (κ3) is 4.16. The summed E-state index contributed by atoms with van der Waals surface area (Å²) >= 11 is 7.00. The Labute approximate surface area is 156 Å². The van der Waals surface area contributed by atoms with E-state index in [2.05, 4.69) is 22.5 Å². The van der Waals surface area contributed by atoms with Gasteiger partial charge in [-0.15, -0.1) is 11.3 Å². The maximum atomic E-state index is 12.3. The lowest BCUT2D eigenvalue weighted by Gasteiger charge is -2.18. The van der Waals surface area contributed by atoms with Crippen LogP contribution in [0.1, 0.15) is 39.7 Å². The number of fused-ring (bicyclic) bond motifs is 1. The average Bonchev–Trinajstić information content (AvgIpc) is 2.97. The van der Waals surface area contributed by atoms with Gasteiger partial charge in [0, 0.05) is 23.8 Å². The maximum absolute atomic E-state index is 12.3. The van der Waals surface area contributed by atoms with Gasteiger partial charge in [-0.1, -0.05) is 13.0 Å². The first kappa shape index (κ1) is 17.8. The van der Waals surface area contributed by atoms with Gasteiger partial charge in [-0.05, 0) is 54.6 Å². The van der Waals surface area contributed by atoms with E-state index in [4.69, 9.17) is 17.0 Å². The minimum Gasteiger partial charge on any atom is -0.465 e. The van der Waals surface area contributed by atoms with Gasteiger partial charge in [-0.25, -0.2) is 4.79 Å². The number of ether oxygens (including phenoxy) is 1. The minimum atomic E-state index is -0.301. The summed E-state index contributed by atoms with van der Waals surface area (Å²) in [6.45, 7) is 2.82. The van der Waals surface area contributed by atoms with Crippen molar-refractivity contribution in [3.63, 3.8) is 0 Å². The summed E-state index contributed by atoms with van der Waals surface area (Å²) in [6, 6.07) is 3.87. The third-order valence-electron chi connectivity index (χ3n) is 4.30. The molecule has 2 heterocycles. The van der Waals surface area contributed by atoms with Crippen molar-refractivity contribution in [2.24, 2.45) is 5.92 Å². The molecule has 1 atom stereocenters. The van der Waals surface area contributed by atoms with Gasteiger partial charge in [-0.2, -0.15) is 0 Å². The van der Waals surface area contributed by atoms with Gasteiger partial charge in [0.05, 0.1) is 12.7 Å². The van der Waals surface area contributed by atoms with Crippen LogP contribution in [0, 0.1) is 5.92 Å². The van der Waals surface area contributed by atoms with Crippen LogP contribution in [0.4, 0.5) is 5.00 Å². The van der Waals surface area contributed by atoms with Gasteiger partial charge < -0.3 is 15.4 Å². The Morgan fingerprint density at radius 2 is 2.36 bits per heavy atom. The number of esters is 1. The molecule has 5 nitrogen and oxygen atoms in total. The summed E-state index contributed by atoms with van der Waals surface area (Å²) < 4.78 is 4.99. The molecule has 0 fully saturated rings. The first-order chi connectivity index (χ1) is 12.1. The van der Waals surface area contributed by atoms with Crippen molar-refractivity contribution >= 4 is 39.6 Å². The molecule has 1 aliphatic carbocycles. The molecule has 3 rings (SSSR count). The van der Waals surface area contributed by atoms with Crippen molar-refractivity contribution in [3.8, 4) is 0 Å². The van der Waals surface area contributed by atoms with Crippen LogP contribution in [0.25, 0.3) is 0 Å². The molecule has 0 bridgehead atoms. The standard InChI is InChI=1S/C18H21N3O2S2/c1-11-5-6-13-14(8-11)25-16(15(13)17(22)23-2)21-18(24)20-10-12-4-3-7-19-9-12/h3-4,7,9,11H,5-6,8,10H2,1-2H3,(H2,20,21,24). The second-order valence-electron chi connectivity index (χ2n) is 6.22. The quantitative estimate of drug-likeness (QED) is 0.630. The second kappa shape index (κ2) is 7.93. The molecule has 7 heteroatoms. The molecule has 1 aliphatic rings. The Morgan fingerprint density at radius 3 is 3.08 bits per heavy atom. The molecule has 0 radical (unpaired) electrons. The van der Waals surface area contributed by atoms with E-state index >= 15 is 0 Å². The molecule has 2 aromatic heterocycles. The lowest BCUT2D eigenvalue weighted by Crippen LogP contribution is -2.28. The number of thiophene rings is 1. The third-order valence-corrected chi connectivity index (χ3v) is 5.72. The number of methoxy groups -OCH3 is 1. The van der Waals surface area contributed by atoms with E-state index in [9.17, 15) is 4.79 Å². The number of pyridine rings is 1. The Balaban J connectivity index is 1.75. The molecule has 0 aliphatic heterocycles. The number of aromatic nitrogens is 1. The molecule has 132 valence electrons. The fourth-order valence-electron chi connectivity index (χ4n) is 2.99. The number of hydrogen-bond acceptors (Lipinski definition) is 5. The highest BCUT2D eigenvalue weighted by molar-refractivity contribution is 7.80. The van der Waals surface area contributed by atoms with Crippen molar-refractivity contribution in [3.05, 3.63) is 46.1 Å². The van der Waals surface area contributed by atoms with Crippen molar-refractivity contribution in [2.75, 3.05) is 12.4 Å². The first-order valence-corrected chi connectivity index (χ1v) is 9.47. The number of anilines is 1. The number of nitrogens with one attached hydrogen (secondary N) is 2. The van der Waals surface area contributed by atoms with Gasteiger partial charge in [0.15, 0.2) is 5.11 Å². The maximum Gasteiger partial charge on any atom is 0.341 e. The topological polar surface area (TPSA) is 63.2 Å². The Hall–Kier alpha value is -1.99. The molecular formula is C18H21N3O2S2. The van der Waals surface area contributed by atoms with E-state index in [0.29, 0.717) is 23.1 Å². The van der Waals surface area contributed by atoms with Gasteiger partial charge in [0.25, 0.3) is 0 Å². The number of nitrogens with zero attached hydrogens (tertiary/aromatic N) is 1. The zero-order valence-electron chi connectivity index (χ0n) is 14.3. The van der Waals surface area contributed by atoms with E-state index in [1.807, 2.05) is 12.1 Å². The van der Waals surface area contributed by atoms with Crippen LogP contribution < -0.4 is 10.6 Å². The van der Waals surface area contributed by atoms with Gasteiger partial charge in [0.1, 0.15) is 5.00 Å². The van der Waals surface area contributed by atoms with Crippen LogP contribution >= 0.6 is 23.6 Å². The number of rotatable bonds is 4. The van der Waals surface area contributed by atoms with Gasteiger partial charge in [-0.3, -0.25) is 4.98 Å². The summed E-state index contributed by atoms with van der Waals surface area (Å²) in [5.74, 6) is 0.338. The highest BCUT2D eigenvalue weighted by Crippen LogP contribution is 2.39. The van der Waals surface area contributed by atoms with Crippen molar-refractivity contribution < 1.29 is 9.53 Å². The molecule has 2 aromatic rings. The average molecular weight is 376 g/mol. The monoisotopic (exact) mass is 375 g/mol. The smallest absolute Gasteiger partial charge is 0.341 e. The molecule has 25 heavy (non-hydrogen) atoms. The predicted octanol–water partition coefficient (Wildman–Crippen LogP) is 3.54. The normalized spacial score (nSPS) is 16.0.